The lowest BCUT2D eigenvalue weighted by Crippen LogP contribution is -2.30. The highest BCUT2D eigenvalue weighted by Crippen LogP contribution is 2.30. The molecule has 11 heteroatoms. The van der Waals surface area contributed by atoms with Gasteiger partial charge in [-0.2, -0.15) is 5.10 Å². The Hall–Kier alpha value is -4.54. The van der Waals surface area contributed by atoms with E-state index < -0.39 is 11.9 Å². The Morgan fingerprint density at radius 2 is 2.02 bits per heavy atom. The summed E-state index contributed by atoms with van der Waals surface area (Å²) >= 11 is 6.15. The van der Waals surface area contributed by atoms with E-state index in [-0.39, 0.29) is 5.91 Å². The largest absolute Gasteiger partial charge is 0.344 e. The van der Waals surface area contributed by atoms with Gasteiger partial charge in [0.25, 0.3) is 0 Å². The average Bonchev–Trinajstić information content (AvgIpc) is 2.94. The van der Waals surface area contributed by atoms with Gasteiger partial charge in [-0.3, -0.25) is 19.6 Å². The number of rotatable bonds is 13. The van der Waals surface area contributed by atoms with Gasteiger partial charge in [-0.05, 0) is 73.0 Å². The number of hydrazone groups is 1. The van der Waals surface area contributed by atoms with Crippen LogP contribution in [-0.4, -0.2) is 23.6 Å². The summed E-state index contributed by atoms with van der Waals surface area (Å²) in [6.45, 7) is 2.08. The number of aromatic nitrogens is 1. The number of hydrogen-bond acceptors (Lipinski definition) is 6. The van der Waals surface area contributed by atoms with Gasteiger partial charge in [0.1, 0.15) is 12.2 Å². The van der Waals surface area contributed by atoms with Crippen LogP contribution in [0.4, 0.5) is 15.8 Å². The number of halogens is 2. The molecule has 2 aromatic carbocycles. The molecular formula is C29H31ClFN7O2. The second-order valence-corrected chi connectivity index (χ2v) is 9.12. The SMILES string of the molecule is CCC/C=C/C[C@H](NC(=O)/C=C/c1cc(Cl)ccc1N(N)/C=N\N)c1cc(-c2ccc(F)cc2NC=O)ccn1. The van der Waals surface area contributed by atoms with Gasteiger partial charge in [0.15, 0.2) is 0 Å². The molecule has 3 aromatic rings. The molecule has 40 heavy (non-hydrogen) atoms. The number of nitrogens with two attached hydrogens (primary N) is 2. The number of nitrogens with zero attached hydrogens (tertiary/aromatic N) is 3. The molecule has 0 unspecified atom stereocenters. The second-order valence-electron chi connectivity index (χ2n) is 8.69. The fourth-order valence-corrected chi connectivity index (χ4v) is 4.12. The van der Waals surface area contributed by atoms with Crippen LogP contribution in [0.15, 0.2) is 78.1 Å². The summed E-state index contributed by atoms with van der Waals surface area (Å²) in [4.78, 5) is 28.6. The van der Waals surface area contributed by atoms with Crippen molar-refractivity contribution >= 4 is 47.7 Å². The van der Waals surface area contributed by atoms with Gasteiger partial charge in [0.2, 0.25) is 12.3 Å². The van der Waals surface area contributed by atoms with Crippen molar-refractivity contribution in [3.63, 3.8) is 0 Å². The molecule has 0 bridgehead atoms. The highest BCUT2D eigenvalue weighted by molar-refractivity contribution is 6.30. The zero-order valence-electron chi connectivity index (χ0n) is 21.9. The Balaban J connectivity index is 1.90. The minimum Gasteiger partial charge on any atom is -0.344 e. The van der Waals surface area contributed by atoms with E-state index in [4.69, 9.17) is 23.3 Å². The smallest absolute Gasteiger partial charge is 0.244 e. The lowest BCUT2D eigenvalue weighted by molar-refractivity contribution is -0.117. The van der Waals surface area contributed by atoms with Crippen molar-refractivity contribution in [1.29, 1.82) is 0 Å². The van der Waals surface area contributed by atoms with Crippen LogP contribution in [0.1, 0.15) is 43.5 Å². The molecule has 0 spiro atoms. The third-order valence-corrected chi connectivity index (χ3v) is 6.06. The van der Waals surface area contributed by atoms with Gasteiger partial charge in [-0.25, -0.2) is 10.2 Å². The Morgan fingerprint density at radius 1 is 1.20 bits per heavy atom. The number of anilines is 2. The third-order valence-electron chi connectivity index (χ3n) is 5.83. The molecule has 0 aliphatic carbocycles. The molecule has 3 rings (SSSR count). The molecule has 0 saturated carbocycles. The molecule has 1 atom stereocenters. The molecule has 9 nitrogen and oxygen atoms in total. The molecule has 0 fully saturated rings. The van der Waals surface area contributed by atoms with Crippen LogP contribution in [0.5, 0.6) is 0 Å². The number of unbranched alkanes of at least 4 members (excludes halogenated alkanes) is 1. The predicted octanol–water partition coefficient (Wildman–Crippen LogP) is 5.31. The first-order chi connectivity index (χ1) is 19.4. The van der Waals surface area contributed by atoms with Gasteiger partial charge in [-0.15, -0.1) is 0 Å². The lowest BCUT2D eigenvalue weighted by Gasteiger charge is -2.18. The third kappa shape index (κ3) is 8.48. The van der Waals surface area contributed by atoms with Crippen LogP contribution in [0.25, 0.3) is 17.2 Å². The van der Waals surface area contributed by atoms with Gasteiger partial charge < -0.3 is 16.5 Å². The van der Waals surface area contributed by atoms with Crippen LogP contribution < -0.4 is 27.3 Å². The fourth-order valence-electron chi connectivity index (χ4n) is 3.94. The molecule has 0 saturated heterocycles. The maximum Gasteiger partial charge on any atom is 0.244 e. The van der Waals surface area contributed by atoms with Crippen molar-refractivity contribution < 1.29 is 14.0 Å². The van der Waals surface area contributed by atoms with Crippen molar-refractivity contribution in [2.75, 3.05) is 10.3 Å². The van der Waals surface area contributed by atoms with Crippen molar-refractivity contribution in [3.05, 3.63) is 95.1 Å². The van der Waals surface area contributed by atoms with Crippen molar-refractivity contribution in [2.24, 2.45) is 16.8 Å². The summed E-state index contributed by atoms with van der Waals surface area (Å²) in [7, 11) is 0. The Labute approximate surface area is 237 Å². The number of hydrogen-bond donors (Lipinski definition) is 4. The number of benzene rings is 2. The van der Waals surface area contributed by atoms with E-state index in [1.807, 2.05) is 6.08 Å². The van der Waals surface area contributed by atoms with Gasteiger partial charge >= 0.3 is 0 Å². The number of carbonyl (C=O) groups excluding carboxylic acids is 2. The summed E-state index contributed by atoms with van der Waals surface area (Å²) < 4.78 is 13.8. The molecule has 6 N–H and O–H groups in total. The first-order valence-corrected chi connectivity index (χ1v) is 12.9. The predicted molar refractivity (Wildman–Crippen MR) is 159 cm³/mol. The molecule has 2 amide bonds. The zero-order chi connectivity index (χ0) is 28.9. The monoisotopic (exact) mass is 563 g/mol. The van der Waals surface area contributed by atoms with E-state index in [2.05, 4.69) is 33.7 Å². The fraction of sp³-hybridized carbons (Fsp3) is 0.172. The minimum atomic E-state index is -0.476. The van der Waals surface area contributed by atoms with Crippen LogP contribution in [0, 0.1) is 5.82 Å². The first kappa shape index (κ1) is 30.0. The molecule has 0 aliphatic rings. The summed E-state index contributed by atoms with van der Waals surface area (Å²) in [6, 6.07) is 12.2. The average molecular weight is 564 g/mol. The van der Waals surface area contributed by atoms with Crippen LogP contribution in [0.3, 0.4) is 0 Å². The van der Waals surface area contributed by atoms with Crippen molar-refractivity contribution in [3.8, 4) is 11.1 Å². The standard InChI is InChI=1S/C29H31ClFN7O2/c1-2-3-4-5-6-25(27-16-20(13-14-34-27)24-10-9-23(31)17-26(24)35-19-39)37-29(40)12-7-21-15-22(30)8-11-28(21)38(33)18-36-32/h4-5,7-19,25H,2-3,6,32-33H2,1H3,(H,35,39)(H,37,40)/b5-4+,12-7+,36-18-/t25-/m0/s1. The summed E-state index contributed by atoms with van der Waals surface area (Å²) in [5.41, 5.74) is 3.35. The highest BCUT2D eigenvalue weighted by Gasteiger charge is 2.16. The quantitative estimate of drug-likeness (QED) is 0.0423. The summed E-state index contributed by atoms with van der Waals surface area (Å²) in [6.07, 6.45) is 12.7. The lowest BCUT2D eigenvalue weighted by atomic mass is 10.0. The molecular weight excluding hydrogens is 533 g/mol. The summed E-state index contributed by atoms with van der Waals surface area (Å²) in [5.74, 6) is 10.3. The molecule has 0 radical (unpaired) electrons. The molecule has 208 valence electrons. The van der Waals surface area contributed by atoms with E-state index >= 15 is 0 Å². The number of carbonyl (C=O) groups is 2. The molecule has 0 aliphatic heterocycles. The second kappa shape index (κ2) is 15.2. The van der Waals surface area contributed by atoms with Gasteiger partial charge in [0.05, 0.1) is 23.1 Å². The Morgan fingerprint density at radius 3 is 2.77 bits per heavy atom. The molecule has 1 heterocycles. The van der Waals surface area contributed by atoms with Crippen LogP contribution in [0.2, 0.25) is 5.02 Å². The maximum atomic E-state index is 13.8. The van der Waals surface area contributed by atoms with Gasteiger partial charge in [-0.1, -0.05) is 37.1 Å². The van der Waals surface area contributed by atoms with E-state index in [1.165, 1.54) is 29.6 Å². The normalized spacial score (nSPS) is 12.2. The van der Waals surface area contributed by atoms with Crippen molar-refractivity contribution in [1.82, 2.24) is 10.3 Å². The van der Waals surface area contributed by atoms with E-state index in [1.54, 1.807) is 48.7 Å². The van der Waals surface area contributed by atoms with E-state index in [0.29, 0.717) is 51.6 Å². The van der Waals surface area contributed by atoms with E-state index in [0.717, 1.165) is 12.8 Å². The Bertz CT molecular complexity index is 1410. The zero-order valence-corrected chi connectivity index (χ0v) is 22.7. The maximum absolute atomic E-state index is 13.8. The number of allylic oxidation sites excluding steroid dienone is 1. The summed E-state index contributed by atoms with van der Waals surface area (Å²) in [5, 5.41) is 10.6. The first-order valence-electron chi connectivity index (χ1n) is 12.5. The van der Waals surface area contributed by atoms with E-state index in [9.17, 15) is 14.0 Å². The molecule has 1 aromatic heterocycles. The number of amides is 2. The topological polar surface area (TPSA) is 139 Å². The van der Waals surface area contributed by atoms with Crippen molar-refractivity contribution in [2.45, 2.75) is 32.2 Å². The minimum absolute atomic E-state index is 0.324. The number of hydrazine groups is 1. The number of nitrogens with one attached hydrogen (secondary N) is 2. The van der Waals surface area contributed by atoms with Crippen LogP contribution in [-0.2, 0) is 9.59 Å². The Kier molecular flexibility index (Phi) is 11.4. The van der Waals surface area contributed by atoms with Gasteiger partial charge in [0, 0.05) is 28.4 Å². The van der Waals surface area contributed by atoms with Crippen LogP contribution >= 0.6 is 11.6 Å². The number of pyridine rings is 1. The highest BCUT2D eigenvalue weighted by atomic mass is 35.5.